The number of nitriles is 1. The van der Waals surface area contributed by atoms with E-state index >= 15 is 0 Å². The van der Waals surface area contributed by atoms with Gasteiger partial charge in [-0.3, -0.25) is 0 Å². The van der Waals surface area contributed by atoms with E-state index in [0.29, 0.717) is 15.6 Å². The maximum atomic E-state index is 8.98. The van der Waals surface area contributed by atoms with Crippen LogP contribution in [-0.2, 0) is 0 Å². The number of nitrogens with zero attached hydrogens (tertiary/aromatic N) is 4. The van der Waals surface area contributed by atoms with Gasteiger partial charge in [-0.15, -0.1) is 0 Å². The Morgan fingerprint density at radius 2 is 1.90 bits per heavy atom. The monoisotopic (exact) mass is 298 g/mol. The van der Waals surface area contributed by atoms with Gasteiger partial charge in [0, 0.05) is 11.6 Å². The number of benzene rings is 1. The fraction of sp³-hybridized carbons (Fsp3) is 0. The molecule has 4 nitrogen and oxygen atoms in total. The first-order valence-electron chi connectivity index (χ1n) is 5.72. The third-order valence-electron chi connectivity index (χ3n) is 2.68. The number of fused-ring (bicyclic) bond motifs is 1. The molecule has 0 radical (unpaired) electrons. The highest BCUT2D eigenvalue weighted by molar-refractivity contribution is 7.99. The summed E-state index contributed by atoms with van der Waals surface area (Å²) in [6.45, 7) is 0. The minimum absolute atomic E-state index is 0.350. The quantitative estimate of drug-likeness (QED) is 0.675. The van der Waals surface area contributed by atoms with E-state index in [9.17, 15) is 0 Å². The highest BCUT2D eigenvalue weighted by atomic mass is 35.5. The number of hydrogen-bond donors (Lipinski definition) is 0. The molecule has 20 heavy (non-hydrogen) atoms. The van der Waals surface area contributed by atoms with Gasteiger partial charge in [0.1, 0.15) is 22.4 Å². The van der Waals surface area contributed by atoms with Crippen molar-refractivity contribution in [3.63, 3.8) is 0 Å². The zero-order chi connectivity index (χ0) is 13.9. The van der Waals surface area contributed by atoms with Gasteiger partial charge < -0.3 is 0 Å². The third kappa shape index (κ3) is 2.31. The largest absolute Gasteiger partial charge is 0.248 e. The molecule has 0 saturated heterocycles. The van der Waals surface area contributed by atoms with Gasteiger partial charge in [0.05, 0.1) is 16.1 Å². The highest BCUT2D eigenvalue weighted by Gasteiger charge is 2.11. The van der Waals surface area contributed by atoms with Gasteiger partial charge in [0.2, 0.25) is 0 Å². The molecular weight excluding hydrogens is 292 g/mol. The minimum atomic E-state index is 0.350. The van der Waals surface area contributed by atoms with E-state index in [1.807, 2.05) is 30.3 Å². The Kier molecular flexibility index (Phi) is 3.50. The van der Waals surface area contributed by atoms with Crippen molar-refractivity contribution >= 4 is 34.3 Å². The summed E-state index contributed by atoms with van der Waals surface area (Å²) in [7, 11) is 0. The van der Waals surface area contributed by atoms with Crippen molar-refractivity contribution in [1.29, 1.82) is 5.26 Å². The van der Waals surface area contributed by atoms with Crippen LogP contribution in [0, 0.1) is 11.3 Å². The van der Waals surface area contributed by atoms with Crippen LogP contribution in [0.5, 0.6) is 0 Å². The lowest BCUT2D eigenvalue weighted by Gasteiger charge is -2.05. The van der Waals surface area contributed by atoms with Crippen LogP contribution in [-0.4, -0.2) is 15.0 Å². The molecule has 3 aromatic rings. The van der Waals surface area contributed by atoms with Gasteiger partial charge in [-0.2, -0.15) is 5.26 Å². The van der Waals surface area contributed by atoms with Gasteiger partial charge in [0.25, 0.3) is 0 Å². The average Bonchev–Trinajstić information content (AvgIpc) is 2.50. The van der Waals surface area contributed by atoms with Crippen LogP contribution < -0.4 is 0 Å². The van der Waals surface area contributed by atoms with E-state index in [2.05, 4.69) is 15.0 Å². The first kappa shape index (κ1) is 12.9. The van der Waals surface area contributed by atoms with E-state index in [4.69, 9.17) is 16.9 Å². The molecule has 0 spiro atoms. The number of rotatable bonds is 2. The second-order valence-electron chi connectivity index (χ2n) is 3.89. The second-order valence-corrected chi connectivity index (χ2v) is 5.24. The van der Waals surface area contributed by atoms with E-state index < -0.39 is 0 Å². The summed E-state index contributed by atoms with van der Waals surface area (Å²) in [6.07, 6.45) is 3.07. The minimum Gasteiger partial charge on any atom is -0.248 e. The fourth-order valence-electron chi connectivity index (χ4n) is 1.74. The molecule has 96 valence electrons. The molecule has 0 unspecified atom stereocenters. The predicted octanol–water partition coefficient (Wildman–Crippen LogP) is 3.70. The van der Waals surface area contributed by atoms with Gasteiger partial charge in [-0.05, 0) is 23.9 Å². The van der Waals surface area contributed by atoms with E-state index in [1.54, 1.807) is 12.3 Å². The topological polar surface area (TPSA) is 62.5 Å². The maximum Gasteiger partial charge on any atom is 0.122 e. The summed E-state index contributed by atoms with van der Waals surface area (Å²) in [6, 6.07) is 11.3. The second kappa shape index (κ2) is 5.45. The highest BCUT2D eigenvalue weighted by Crippen LogP contribution is 2.34. The summed E-state index contributed by atoms with van der Waals surface area (Å²) in [5.41, 5.74) is 1.26. The molecule has 0 fully saturated rings. The lowest BCUT2D eigenvalue weighted by molar-refractivity contribution is 1.08. The third-order valence-corrected chi connectivity index (χ3v) is 4.19. The van der Waals surface area contributed by atoms with Crippen molar-refractivity contribution in [3.05, 3.63) is 53.4 Å². The van der Waals surface area contributed by atoms with Gasteiger partial charge in [-0.1, -0.05) is 29.8 Å². The molecule has 2 heterocycles. The maximum absolute atomic E-state index is 8.98. The zero-order valence-corrected chi connectivity index (χ0v) is 11.7. The van der Waals surface area contributed by atoms with Crippen LogP contribution in [0.15, 0.2) is 52.9 Å². The fourth-order valence-corrected chi connectivity index (χ4v) is 2.88. The lowest BCUT2D eigenvalue weighted by Crippen LogP contribution is -1.89. The Morgan fingerprint density at radius 1 is 1.05 bits per heavy atom. The molecule has 0 atom stereocenters. The van der Waals surface area contributed by atoms with E-state index in [-0.39, 0.29) is 0 Å². The van der Waals surface area contributed by atoms with Gasteiger partial charge >= 0.3 is 0 Å². The molecule has 0 bridgehead atoms. The van der Waals surface area contributed by atoms with Gasteiger partial charge in [0.15, 0.2) is 0 Å². The van der Waals surface area contributed by atoms with Crippen LogP contribution in [0.2, 0.25) is 5.02 Å². The predicted molar refractivity (Wildman–Crippen MR) is 77.6 cm³/mol. The SMILES string of the molecule is N#Cc1ccnc(Sc2ncnc3ccccc23)c1Cl. The molecule has 2 aromatic heterocycles. The summed E-state index contributed by atoms with van der Waals surface area (Å²) >= 11 is 7.49. The van der Waals surface area contributed by atoms with Crippen LogP contribution in [0.1, 0.15) is 5.56 Å². The molecule has 0 saturated carbocycles. The van der Waals surface area contributed by atoms with Crippen LogP contribution in [0.3, 0.4) is 0 Å². The lowest BCUT2D eigenvalue weighted by atomic mass is 10.2. The van der Waals surface area contributed by atoms with Crippen molar-refractivity contribution in [1.82, 2.24) is 15.0 Å². The summed E-state index contributed by atoms with van der Waals surface area (Å²) in [5, 5.41) is 11.6. The Hall–Kier alpha value is -2.16. The molecule has 0 aliphatic carbocycles. The van der Waals surface area contributed by atoms with Crippen LogP contribution >= 0.6 is 23.4 Å². The molecule has 0 N–H and O–H groups in total. The van der Waals surface area contributed by atoms with Crippen molar-refractivity contribution in [2.75, 3.05) is 0 Å². The molecule has 0 amide bonds. The molecule has 0 aliphatic rings. The first-order chi connectivity index (χ1) is 9.79. The normalized spacial score (nSPS) is 10.4. The number of halogens is 1. The van der Waals surface area contributed by atoms with E-state index in [0.717, 1.165) is 15.9 Å². The first-order valence-corrected chi connectivity index (χ1v) is 6.91. The molecular formula is C14H7ClN4S. The van der Waals surface area contributed by atoms with Crippen LogP contribution in [0.25, 0.3) is 10.9 Å². The molecule has 1 aromatic carbocycles. The smallest absolute Gasteiger partial charge is 0.122 e. The van der Waals surface area contributed by atoms with Crippen LogP contribution in [0.4, 0.5) is 0 Å². The number of aromatic nitrogens is 3. The average molecular weight is 299 g/mol. The summed E-state index contributed by atoms with van der Waals surface area (Å²) in [5.74, 6) is 0. The number of hydrogen-bond acceptors (Lipinski definition) is 5. The molecule has 6 heteroatoms. The summed E-state index contributed by atoms with van der Waals surface area (Å²) in [4.78, 5) is 12.7. The Balaban J connectivity index is 2.09. The molecule has 0 aliphatic heterocycles. The number of para-hydroxylation sites is 1. The van der Waals surface area contributed by atoms with Gasteiger partial charge in [-0.25, -0.2) is 15.0 Å². The van der Waals surface area contributed by atoms with Crippen molar-refractivity contribution in [2.45, 2.75) is 10.1 Å². The Labute approximate surface area is 124 Å². The standard InChI is InChI=1S/C14H7ClN4S/c15-12-9(7-16)5-6-17-14(12)20-13-10-3-1-2-4-11(10)18-8-19-13/h1-6,8H. The van der Waals surface area contributed by atoms with Crippen molar-refractivity contribution in [3.8, 4) is 6.07 Å². The molecule has 3 rings (SSSR count). The zero-order valence-electron chi connectivity index (χ0n) is 10.1. The Bertz CT molecular complexity index is 824. The van der Waals surface area contributed by atoms with Crippen molar-refractivity contribution < 1.29 is 0 Å². The Morgan fingerprint density at radius 3 is 2.75 bits per heavy atom. The number of pyridine rings is 1. The summed E-state index contributed by atoms with van der Waals surface area (Å²) < 4.78 is 0. The van der Waals surface area contributed by atoms with Crippen molar-refractivity contribution in [2.24, 2.45) is 0 Å². The van der Waals surface area contributed by atoms with E-state index in [1.165, 1.54) is 18.1 Å².